The van der Waals surface area contributed by atoms with Crippen LogP contribution in [-0.2, 0) is 22.6 Å². The van der Waals surface area contributed by atoms with Gasteiger partial charge in [0.15, 0.2) is 0 Å². The van der Waals surface area contributed by atoms with Gasteiger partial charge in [0.25, 0.3) is 5.91 Å². The highest BCUT2D eigenvalue weighted by Gasteiger charge is 2.40. The Morgan fingerprint density at radius 1 is 0.782 bits per heavy atom. The van der Waals surface area contributed by atoms with E-state index in [2.05, 4.69) is 80.7 Å². The van der Waals surface area contributed by atoms with Crippen LogP contribution in [-0.4, -0.2) is 89.4 Å². The van der Waals surface area contributed by atoms with Gasteiger partial charge in [-0.25, -0.2) is 0 Å². The van der Waals surface area contributed by atoms with Gasteiger partial charge in [-0.3, -0.25) is 24.6 Å². The summed E-state index contributed by atoms with van der Waals surface area (Å²) < 4.78 is 0. The number of piperidine rings is 2. The van der Waals surface area contributed by atoms with Crippen LogP contribution in [0.3, 0.4) is 0 Å². The summed E-state index contributed by atoms with van der Waals surface area (Å²) in [5.74, 6) is 1.72. The molecular weight excluding hydrogens is 687 g/mol. The summed E-state index contributed by atoms with van der Waals surface area (Å²) in [6.07, 6.45) is 14.9. The normalized spacial score (nSPS) is 26.1. The number of piperazine rings is 1. The number of anilines is 1. The second-order valence-electron chi connectivity index (χ2n) is 16.6. The van der Waals surface area contributed by atoms with Gasteiger partial charge in [-0.1, -0.05) is 48.6 Å². The van der Waals surface area contributed by atoms with Gasteiger partial charge >= 0.3 is 0 Å². The van der Waals surface area contributed by atoms with Crippen molar-refractivity contribution >= 4 is 23.4 Å². The summed E-state index contributed by atoms with van der Waals surface area (Å²) in [5.41, 5.74) is 8.32. The number of aromatic hydroxyl groups is 1. The molecule has 9 rings (SSSR count). The molecule has 3 amide bonds. The fourth-order valence-electron chi connectivity index (χ4n) is 10.4. The molecule has 3 aromatic carbocycles. The molecule has 4 heterocycles. The maximum Gasteiger partial charge on any atom is 0.255 e. The molecule has 4 aliphatic heterocycles. The number of hydrogen-bond acceptors (Lipinski definition) is 7. The first-order chi connectivity index (χ1) is 26.9. The number of aryl methyl sites for hydroxylation is 1. The van der Waals surface area contributed by atoms with Crippen molar-refractivity contribution in [2.45, 2.75) is 75.8 Å². The Kier molecular flexibility index (Phi) is 9.98. The van der Waals surface area contributed by atoms with Crippen molar-refractivity contribution in [1.29, 1.82) is 0 Å². The fraction of sp³-hybridized carbons (Fsp3) is 0.457. The predicted molar refractivity (Wildman–Crippen MR) is 214 cm³/mol. The van der Waals surface area contributed by atoms with Gasteiger partial charge in [0, 0.05) is 69.2 Å². The van der Waals surface area contributed by atoms with Gasteiger partial charge in [-0.15, -0.1) is 0 Å². The third kappa shape index (κ3) is 7.31. The highest BCUT2D eigenvalue weighted by Crippen LogP contribution is 2.49. The topological polar surface area (TPSA) is 96.4 Å². The minimum absolute atomic E-state index is 0.117. The monoisotopic (exact) mass is 739 g/mol. The number of nitrogens with zero attached hydrogens (tertiary/aromatic N) is 4. The molecule has 2 N–H and O–H groups in total. The minimum Gasteiger partial charge on any atom is -0.508 e. The van der Waals surface area contributed by atoms with Gasteiger partial charge in [0.05, 0.1) is 0 Å². The number of phenols is 1. The Bertz CT molecular complexity index is 1990. The summed E-state index contributed by atoms with van der Waals surface area (Å²) in [6.45, 7) is 7.81. The van der Waals surface area contributed by atoms with Gasteiger partial charge < -0.3 is 19.8 Å². The van der Waals surface area contributed by atoms with Gasteiger partial charge in [0.2, 0.25) is 11.8 Å². The number of carbonyl (C=O) groups excluding carboxylic acids is 3. The van der Waals surface area contributed by atoms with Crippen LogP contribution in [0.15, 0.2) is 90.7 Å². The van der Waals surface area contributed by atoms with Crippen LogP contribution in [0.25, 0.3) is 0 Å². The van der Waals surface area contributed by atoms with Crippen LogP contribution < -0.4 is 10.2 Å². The first-order valence-corrected chi connectivity index (χ1v) is 20.6. The molecule has 4 atom stereocenters. The summed E-state index contributed by atoms with van der Waals surface area (Å²) in [5, 5.41) is 12.6. The third-order valence-electron chi connectivity index (χ3n) is 13.5. The smallest absolute Gasteiger partial charge is 0.255 e. The second-order valence-corrected chi connectivity index (χ2v) is 16.6. The van der Waals surface area contributed by atoms with E-state index >= 15 is 0 Å². The summed E-state index contributed by atoms with van der Waals surface area (Å²) >= 11 is 0. The van der Waals surface area contributed by atoms with Crippen molar-refractivity contribution in [2.24, 2.45) is 11.8 Å². The molecule has 0 saturated carbocycles. The molecule has 0 bridgehead atoms. The predicted octanol–water partition coefficient (Wildman–Crippen LogP) is 6.35. The molecule has 9 heteroatoms. The number of benzene rings is 3. The first-order valence-electron chi connectivity index (χ1n) is 20.6. The van der Waals surface area contributed by atoms with E-state index in [9.17, 15) is 19.5 Å². The molecule has 3 fully saturated rings. The molecule has 0 radical (unpaired) electrons. The first kappa shape index (κ1) is 35.8. The van der Waals surface area contributed by atoms with Gasteiger partial charge in [0.1, 0.15) is 11.8 Å². The lowest BCUT2D eigenvalue weighted by molar-refractivity contribution is -0.136. The highest BCUT2D eigenvalue weighted by atomic mass is 16.3. The lowest BCUT2D eigenvalue weighted by Crippen LogP contribution is -2.52. The molecule has 0 aromatic heterocycles. The van der Waals surface area contributed by atoms with Crippen LogP contribution in [0.1, 0.15) is 89.4 Å². The number of carbonyl (C=O) groups is 3. The number of phenolic OH excluding ortho intramolecular Hbond substituents is 1. The lowest BCUT2D eigenvalue weighted by Gasteiger charge is -2.40. The van der Waals surface area contributed by atoms with E-state index in [1.165, 1.54) is 41.6 Å². The average Bonchev–Trinajstić information content (AvgIpc) is 3.55. The van der Waals surface area contributed by atoms with Crippen LogP contribution in [0.2, 0.25) is 0 Å². The van der Waals surface area contributed by atoms with Crippen LogP contribution in [0.5, 0.6) is 5.75 Å². The van der Waals surface area contributed by atoms with Crippen molar-refractivity contribution in [1.82, 2.24) is 20.0 Å². The zero-order valence-corrected chi connectivity index (χ0v) is 31.7. The number of hydrogen-bond donors (Lipinski definition) is 2. The molecule has 0 spiro atoms. The van der Waals surface area contributed by atoms with E-state index in [4.69, 9.17) is 0 Å². The quantitative estimate of drug-likeness (QED) is 0.260. The highest BCUT2D eigenvalue weighted by molar-refractivity contribution is 6.05. The number of nitrogens with one attached hydrogen (secondary N) is 1. The van der Waals surface area contributed by atoms with E-state index in [0.29, 0.717) is 42.0 Å². The number of allylic oxidation sites excluding steroid dienone is 3. The van der Waals surface area contributed by atoms with Crippen molar-refractivity contribution in [3.8, 4) is 5.75 Å². The van der Waals surface area contributed by atoms with Crippen LogP contribution in [0.4, 0.5) is 5.69 Å². The molecule has 2 unspecified atom stereocenters. The van der Waals surface area contributed by atoms with E-state index in [1.54, 1.807) is 4.90 Å². The Morgan fingerprint density at radius 3 is 2.36 bits per heavy atom. The summed E-state index contributed by atoms with van der Waals surface area (Å²) in [4.78, 5) is 46.5. The van der Waals surface area contributed by atoms with E-state index in [1.807, 2.05) is 24.3 Å². The molecule has 286 valence electrons. The van der Waals surface area contributed by atoms with E-state index in [0.717, 1.165) is 82.2 Å². The zero-order chi connectivity index (χ0) is 37.5. The molecule has 3 aromatic rings. The van der Waals surface area contributed by atoms with Crippen LogP contribution >= 0.6 is 0 Å². The SMILES string of the molecule is O=C1CCC(N2Cc3cc(N4CCN(CCC5CCN(C6=CCC([C@@H]7c8ccc(O)cc8CC[C@@H]7c7ccccc7)C=C6)CC5)CC4)ccc3C2=O)C(=O)N1. The standard InChI is InChI=1S/C46H53N5O4/c52-38-12-15-40-34(29-38)8-13-39(32-4-2-1-3-5-32)44(40)33-6-9-36(10-7-33)49-22-19-31(20-23-49)18-21-48-24-26-50(27-25-48)37-11-14-41-35(28-37)30-51(46(41)55)42-16-17-43(53)47-45(42)54/h1-6,9-12,14-15,28-29,31,33,39,42,44,52H,7-8,13,16-27,30H2,(H,47,53,54)/t33?,39-,42?,44+/m1/s1. The lowest BCUT2D eigenvalue weighted by atomic mass is 9.65. The van der Waals surface area contributed by atoms with Crippen LogP contribution in [0, 0.1) is 11.8 Å². The number of imide groups is 1. The summed E-state index contributed by atoms with van der Waals surface area (Å²) in [7, 11) is 0. The van der Waals surface area contributed by atoms with Crippen molar-refractivity contribution < 1.29 is 19.5 Å². The second kappa shape index (κ2) is 15.3. The molecular formula is C46H53N5O4. The van der Waals surface area contributed by atoms with E-state index in [-0.39, 0.29) is 24.1 Å². The minimum atomic E-state index is -0.581. The van der Waals surface area contributed by atoms with Gasteiger partial charge in [-0.05, 0) is 134 Å². The number of amides is 3. The van der Waals surface area contributed by atoms with Gasteiger partial charge in [-0.2, -0.15) is 0 Å². The Hall–Kier alpha value is -4.89. The average molecular weight is 740 g/mol. The maximum absolute atomic E-state index is 13.1. The Labute approximate surface area is 324 Å². The fourth-order valence-corrected chi connectivity index (χ4v) is 10.4. The number of fused-ring (bicyclic) bond motifs is 2. The molecule has 55 heavy (non-hydrogen) atoms. The Morgan fingerprint density at radius 2 is 1.60 bits per heavy atom. The largest absolute Gasteiger partial charge is 0.508 e. The van der Waals surface area contributed by atoms with E-state index < -0.39 is 6.04 Å². The van der Waals surface area contributed by atoms with Crippen molar-refractivity contribution in [3.05, 3.63) is 118 Å². The third-order valence-corrected chi connectivity index (χ3v) is 13.5. The Balaban J connectivity index is 0.739. The zero-order valence-electron chi connectivity index (χ0n) is 31.7. The van der Waals surface area contributed by atoms with Crippen molar-refractivity contribution in [3.63, 3.8) is 0 Å². The summed E-state index contributed by atoms with van der Waals surface area (Å²) in [6, 6.07) is 22.6. The maximum atomic E-state index is 13.1. The number of likely N-dealkylation sites (tertiary alicyclic amines) is 1. The molecule has 9 nitrogen and oxygen atoms in total. The molecule has 6 aliphatic rings. The molecule has 2 aliphatic carbocycles. The molecule has 3 saturated heterocycles. The van der Waals surface area contributed by atoms with Crippen molar-refractivity contribution in [2.75, 3.05) is 50.7 Å². The number of rotatable bonds is 8.